The van der Waals surface area contributed by atoms with Crippen LogP contribution in [0.4, 0.5) is 0 Å². The lowest BCUT2D eigenvalue weighted by Gasteiger charge is -2.13. The SMILES string of the molecule is CCC[SiH2]SOCCOc1cc(COC[C@@H](C)OCC)ccc1Br. The van der Waals surface area contributed by atoms with Crippen molar-refractivity contribution in [3.63, 3.8) is 0 Å². The van der Waals surface area contributed by atoms with Crippen LogP contribution < -0.4 is 4.74 Å². The van der Waals surface area contributed by atoms with E-state index in [1.807, 2.05) is 32.0 Å². The molecule has 0 saturated carbocycles. The first-order valence-electron chi connectivity index (χ1n) is 8.52. The summed E-state index contributed by atoms with van der Waals surface area (Å²) < 4.78 is 23.4. The van der Waals surface area contributed by atoms with Gasteiger partial charge >= 0.3 is 0 Å². The van der Waals surface area contributed by atoms with Gasteiger partial charge in [-0.05, 0) is 59.0 Å². The van der Waals surface area contributed by atoms with Gasteiger partial charge in [0.05, 0.1) is 30.4 Å². The normalized spacial score (nSPS) is 12.8. The third kappa shape index (κ3) is 10.1. The zero-order valence-electron chi connectivity index (χ0n) is 14.9. The fourth-order valence-corrected chi connectivity index (χ4v) is 4.93. The number of hydrogen-bond acceptors (Lipinski definition) is 5. The number of hydrogen-bond donors (Lipinski definition) is 0. The Balaban J connectivity index is 2.29. The standard InChI is InChI=1S/C17H29BrO4SSi/c1-4-10-24-23-22-9-8-21-17-11-15(6-7-16(17)18)13-19-12-14(3)20-5-2/h6-7,11,14H,4-5,8-10,12-13,24H2,1-3H3/t14-/m1/s1. The first-order valence-corrected chi connectivity index (χ1v) is 13.0. The van der Waals surface area contributed by atoms with Crippen LogP contribution in [0.2, 0.25) is 6.04 Å². The highest BCUT2D eigenvalue weighted by atomic mass is 79.9. The molecular weight excluding hydrogens is 408 g/mol. The van der Waals surface area contributed by atoms with Gasteiger partial charge in [-0.15, -0.1) is 0 Å². The summed E-state index contributed by atoms with van der Waals surface area (Å²) in [5.74, 6) is 0.827. The van der Waals surface area contributed by atoms with Gasteiger partial charge in [0.1, 0.15) is 21.0 Å². The summed E-state index contributed by atoms with van der Waals surface area (Å²) in [6.07, 6.45) is 1.37. The highest BCUT2D eigenvalue weighted by Gasteiger charge is 2.05. The second kappa shape index (κ2) is 14.2. The zero-order valence-corrected chi connectivity index (χ0v) is 18.7. The van der Waals surface area contributed by atoms with Crippen LogP contribution in [0.5, 0.6) is 5.75 Å². The molecule has 0 radical (unpaired) electrons. The fraction of sp³-hybridized carbons (Fsp3) is 0.647. The molecule has 0 aromatic heterocycles. The molecule has 0 aliphatic heterocycles. The molecule has 7 heteroatoms. The molecule has 0 unspecified atom stereocenters. The van der Waals surface area contributed by atoms with Crippen LogP contribution in [0.15, 0.2) is 22.7 Å². The van der Waals surface area contributed by atoms with E-state index in [-0.39, 0.29) is 14.8 Å². The van der Waals surface area contributed by atoms with E-state index in [0.717, 1.165) is 15.8 Å². The lowest BCUT2D eigenvalue weighted by atomic mass is 10.2. The minimum atomic E-state index is -0.111. The quantitative estimate of drug-likeness (QED) is 0.246. The molecule has 4 nitrogen and oxygen atoms in total. The molecule has 138 valence electrons. The molecule has 1 aromatic rings. The lowest BCUT2D eigenvalue weighted by Crippen LogP contribution is -2.15. The molecular formula is C17H29BrO4SSi. The topological polar surface area (TPSA) is 36.9 Å². The lowest BCUT2D eigenvalue weighted by molar-refractivity contribution is -0.00716. The van der Waals surface area contributed by atoms with Gasteiger partial charge in [0.2, 0.25) is 0 Å². The van der Waals surface area contributed by atoms with Gasteiger partial charge in [-0.1, -0.05) is 25.5 Å². The monoisotopic (exact) mass is 436 g/mol. The molecule has 0 aliphatic carbocycles. The number of halogens is 1. The Labute approximate surface area is 160 Å². The zero-order chi connectivity index (χ0) is 17.6. The molecule has 0 spiro atoms. The Morgan fingerprint density at radius 3 is 2.83 bits per heavy atom. The molecule has 24 heavy (non-hydrogen) atoms. The third-order valence-corrected chi connectivity index (χ3v) is 7.17. The van der Waals surface area contributed by atoms with Gasteiger partial charge in [0.15, 0.2) is 0 Å². The molecule has 0 heterocycles. The second-order valence-corrected chi connectivity index (χ2v) is 9.76. The van der Waals surface area contributed by atoms with E-state index in [0.29, 0.717) is 33.0 Å². The van der Waals surface area contributed by atoms with Crippen LogP contribution in [0.1, 0.15) is 32.8 Å². The van der Waals surface area contributed by atoms with Crippen molar-refractivity contribution < 1.29 is 18.4 Å². The maximum absolute atomic E-state index is 5.80. The van der Waals surface area contributed by atoms with Crippen LogP contribution in [0.3, 0.4) is 0 Å². The van der Waals surface area contributed by atoms with Crippen molar-refractivity contribution in [1.82, 2.24) is 0 Å². The van der Waals surface area contributed by atoms with E-state index >= 15 is 0 Å². The van der Waals surface area contributed by atoms with Gasteiger partial charge < -0.3 is 18.4 Å². The van der Waals surface area contributed by atoms with Crippen molar-refractivity contribution >= 4 is 36.1 Å². The summed E-state index contributed by atoms with van der Waals surface area (Å²) in [5.41, 5.74) is 1.09. The molecule has 0 aliphatic rings. The Morgan fingerprint density at radius 2 is 2.08 bits per heavy atom. The third-order valence-electron chi connectivity index (χ3n) is 3.16. The number of rotatable bonds is 14. The summed E-state index contributed by atoms with van der Waals surface area (Å²) in [7, 11) is -0.111. The van der Waals surface area contributed by atoms with E-state index in [1.165, 1.54) is 12.5 Å². The number of ether oxygens (including phenoxy) is 3. The van der Waals surface area contributed by atoms with Crippen molar-refractivity contribution in [2.24, 2.45) is 0 Å². The highest BCUT2D eigenvalue weighted by molar-refractivity contribution is 9.10. The molecule has 0 N–H and O–H groups in total. The van der Waals surface area contributed by atoms with Crippen LogP contribution in [-0.4, -0.2) is 41.2 Å². The summed E-state index contributed by atoms with van der Waals surface area (Å²) in [4.78, 5) is 0. The van der Waals surface area contributed by atoms with Crippen molar-refractivity contribution in [2.75, 3.05) is 26.4 Å². The van der Waals surface area contributed by atoms with E-state index < -0.39 is 0 Å². The van der Waals surface area contributed by atoms with Gasteiger partial charge in [-0.25, -0.2) is 0 Å². The van der Waals surface area contributed by atoms with E-state index in [9.17, 15) is 0 Å². The maximum Gasteiger partial charge on any atom is 0.133 e. The molecule has 0 saturated heterocycles. The van der Waals surface area contributed by atoms with Crippen molar-refractivity contribution in [3.05, 3.63) is 28.2 Å². The summed E-state index contributed by atoms with van der Waals surface area (Å²) in [5, 5.41) is 0. The Kier molecular flexibility index (Phi) is 13.0. The van der Waals surface area contributed by atoms with Crippen molar-refractivity contribution in [2.45, 2.75) is 45.9 Å². The molecule has 1 rings (SSSR count). The summed E-state index contributed by atoms with van der Waals surface area (Å²) in [6, 6.07) is 7.35. The maximum atomic E-state index is 5.80. The minimum Gasteiger partial charge on any atom is -0.490 e. The predicted octanol–water partition coefficient (Wildman–Crippen LogP) is 4.35. The molecule has 0 fully saturated rings. The molecule has 1 atom stereocenters. The molecule has 1 aromatic carbocycles. The number of benzene rings is 1. The van der Waals surface area contributed by atoms with Crippen LogP contribution in [0.25, 0.3) is 0 Å². The second-order valence-electron chi connectivity index (χ2n) is 5.39. The summed E-state index contributed by atoms with van der Waals surface area (Å²) in [6.45, 7) is 9.23. The van der Waals surface area contributed by atoms with Crippen LogP contribution >= 0.6 is 27.4 Å². The van der Waals surface area contributed by atoms with Gasteiger partial charge in [-0.3, -0.25) is 0 Å². The van der Waals surface area contributed by atoms with Gasteiger partial charge in [-0.2, -0.15) is 0 Å². The Hall–Kier alpha value is -0.0531. The van der Waals surface area contributed by atoms with E-state index in [4.69, 9.17) is 18.4 Å². The first-order chi connectivity index (χ1) is 11.7. The average Bonchev–Trinajstić information content (AvgIpc) is 2.57. The Morgan fingerprint density at radius 1 is 1.25 bits per heavy atom. The van der Waals surface area contributed by atoms with Crippen LogP contribution in [-0.2, 0) is 20.3 Å². The average molecular weight is 437 g/mol. The first kappa shape index (κ1) is 22.0. The van der Waals surface area contributed by atoms with Gasteiger partial charge in [0.25, 0.3) is 0 Å². The summed E-state index contributed by atoms with van der Waals surface area (Å²) >= 11 is 5.17. The van der Waals surface area contributed by atoms with E-state index in [2.05, 4.69) is 22.9 Å². The smallest absolute Gasteiger partial charge is 0.133 e. The van der Waals surface area contributed by atoms with Crippen LogP contribution in [0, 0.1) is 0 Å². The van der Waals surface area contributed by atoms with Gasteiger partial charge in [0, 0.05) is 6.61 Å². The van der Waals surface area contributed by atoms with Crippen molar-refractivity contribution in [3.8, 4) is 5.75 Å². The van der Waals surface area contributed by atoms with E-state index in [1.54, 1.807) is 11.5 Å². The highest BCUT2D eigenvalue weighted by Crippen LogP contribution is 2.26. The molecule has 0 bridgehead atoms. The Bertz CT molecular complexity index is 451. The fourth-order valence-electron chi connectivity index (χ4n) is 1.93. The minimum absolute atomic E-state index is 0.111. The molecule has 0 amide bonds. The predicted molar refractivity (Wildman–Crippen MR) is 108 cm³/mol. The van der Waals surface area contributed by atoms with Crippen molar-refractivity contribution in [1.29, 1.82) is 0 Å². The largest absolute Gasteiger partial charge is 0.490 e.